The summed E-state index contributed by atoms with van der Waals surface area (Å²) in [7, 11) is 0. The predicted octanol–water partition coefficient (Wildman–Crippen LogP) is 3.54. The zero-order valence-corrected chi connectivity index (χ0v) is 13.7. The summed E-state index contributed by atoms with van der Waals surface area (Å²) < 4.78 is 5.39. The lowest BCUT2D eigenvalue weighted by Gasteiger charge is -2.07. The Labute approximate surface area is 143 Å². The van der Waals surface area contributed by atoms with E-state index in [1.165, 1.54) is 18.3 Å². The number of phenols is 1. The number of nitrogens with one attached hydrogen (secondary N) is 1. The van der Waals surface area contributed by atoms with Crippen LogP contribution >= 0.6 is 23.2 Å². The molecule has 2 rings (SSSR count). The molecule has 2 aromatic carbocycles. The van der Waals surface area contributed by atoms with Crippen molar-refractivity contribution in [2.75, 3.05) is 6.61 Å². The minimum atomic E-state index is -0.433. The minimum absolute atomic E-state index is 0.105. The molecule has 0 heterocycles. The molecule has 0 bridgehead atoms. The van der Waals surface area contributed by atoms with Crippen molar-refractivity contribution in [1.82, 2.24) is 5.43 Å². The smallest absolute Gasteiger partial charge is 0.277 e. The van der Waals surface area contributed by atoms with E-state index < -0.39 is 5.91 Å². The molecule has 0 aliphatic rings. The molecule has 0 spiro atoms. The van der Waals surface area contributed by atoms with Crippen LogP contribution < -0.4 is 10.2 Å². The normalized spacial score (nSPS) is 10.7. The number of hydrazone groups is 1. The molecule has 2 aromatic rings. The number of benzene rings is 2. The van der Waals surface area contributed by atoms with E-state index in [1.807, 2.05) is 25.1 Å². The van der Waals surface area contributed by atoms with E-state index in [0.29, 0.717) is 16.3 Å². The van der Waals surface area contributed by atoms with Gasteiger partial charge in [-0.15, -0.1) is 0 Å². The van der Waals surface area contributed by atoms with Crippen molar-refractivity contribution in [2.24, 2.45) is 5.10 Å². The Balaban J connectivity index is 1.91. The van der Waals surface area contributed by atoms with Crippen molar-refractivity contribution in [3.05, 3.63) is 57.6 Å². The first-order valence-electron chi connectivity index (χ1n) is 6.65. The Morgan fingerprint density at radius 1 is 1.35 bits per heavy atom. The lowest BCUT2D eigenvalue weighted by Crippen LogP contribution is -2.24. The van der Waals surface area contributed by atoms with E-state index in [0.717, 1.165) is 5.56 Å². The molecule has 0 saturated carbocycles. The Kier molecular flexibility index (Phi) is 5.84. The first-order chi connectivity index (χ1) is 11.0. The number of ether oxygens (including phenoxy) is 1. The molecule has 2 N–H and O–H groups in total. The average Bonchev–Trinajstić information content (AvgIpc) is 2.51. The van der Waals surface area contributed by atoms with Crippen molar-refractivity contribution in [1.29, 1.82) is 0 Å². The summed E-state index contributed by atoms with van der Waals surface area (Å²) in [5.74, 6) is 0.0354. The molecule has 0 aromatic heterocycles. The fraction of sp³-hybridized carbons (Fsp3) is 0.125. The lowest BCUT2D eigenvalue weighted by molar-refractivity contribution is -0.123. The Bertz CT molecular complexity index is 748. The number of hydrogen-bond acceptors (Lipinski definition) is 4. The van der Waals surface area contributed by atoms with Gasteiger partial charge in [0.25, 0.3) is 5.91 Å². The van der Waals surface area contributed by atoms with Crippen LogP contribution in [0.1, 0.15) is 11.1 Å². The molecular weight excluding hydrogens is 339 g/mol. The third kappa shape index (κ3) is 4.87. The van der Waals surface area contributed by atoms with E-state index in [4.69, 9.17) is 27.9 Å². The van der Waals surface area contributed by atoms with Gasteiger partial charge in [0.05, 0.1) is 11.2 Å². The number of aromatic hydroxyl groups is 1. The fourth-order valence-corrected chi connectivity index (χ4v) is 2.26. The standard InChI is InChI=1S/C16H14Cl2N2O3/c1-10-4-2-3-5-14(10)23-9-15(21)20-19-8-11-6-12(17)7-13(18)16(11)22/h2-8,22H,9H2,1H3,(H,20,21)/b19-8+. The topological polar surface area (TPSA) is 70.9 Å². The van der Waals surface area contributed by atoms with Gasteiger partial charge in [0.1, 0.15) is 11.5 Å². The second-order valence-electron chi connectivity index (χ2n) is 4.67. The molecular formula is C16H14Cl2N2O3. The third-order valence-electron chi connectivity index (χ3n) is 2.90. The first kappa shape index (κ1) is 17.1. The highest BCUT2D eigenvalue weighted by Crippen LogP contribution is 2.29. The number of carbonyl (C=O) groups excluding carboxylic acids is 1. The molecule has 0 fully saturated rings. The Morgan fingerprint density at radius 2 is 2.09 bits per heavy atom. The molecule has 7 heteroatoms. The van der Waals surface area contributed by atoms with E-state index >= 15 is 0 Å². The van der Waals surface area contributed by atoms with Crippen LogP contribution in [-0.2, 0) is 4.79 Å². The molecule has 0 aliphatic carbocycles. The highest BCUT2D eigenvalue weighted by atomic mass is 35.5. The first-order valence-corrected chi connectivity index (χ1v) is 7.41. The van der Waals surface area contributed by atoms with Crippen molar-refractivity contribution in [3.63, 3.8) is 0 Å². The van der Waals surface area contributed by atoms with E-state index in [2.05, 4.69) is 10.5 Å². The molecule has 0 saturated heterocycles. The molecule has 5 nitrogen and oxygen atoms in total. The summed E-state index contributed by atoms with van der Waals surface area (Å²) in [5.41, 5.74) is 3.52. The van der Waals surface area contributed by atoms with E-state index in [9.17, 15) is 9.90 Å². The number of halogens is 2. The highest BCUT2D eigenvalue weighted by Gasteiger charge is 2.07. The second-order valence-corrected chi connectivity index (χ2v) is 5.52. The summed E-state index contributed by atoms with van der Waals surface area (Å²) in [4.78, 5) is 11.7. The van der Waals surface area contributed by atoms with Crippen LogP contribution in [0, 0.1) is 6.92 Å². The van der Waals surface area contributed by atoms with Gasteiger partial charge in [-0.2, -0.15) is 5.10 Å². The number of rotatable bonds is 5. The van der Waals surface area contributed by atoms with Crippen molar-refractivity contribution in [3.8, 4) is 11.5 Å². The third-order valence-corrected chi connectivity index (χ3v) is 3.41. The second kappa shape index (κ2) is 7.85. The SMILES string of the molecule is Cc1ccccc1OCC(=O)N/N=C/c1cc(Cl)cc(Cl)c1O. The summed E-state index contributed by atoms with van der Waals surface area (Å²) in [5, 5.41) is 13.9. The van der Waals surface area contributed by atoms with Crippen LogP contribution in [-0.4, -0.2) is 23.8 Å². The van der Waals surface area contributed by atoms with Gasteiger partial charge >= 0.3 is 0 Å². The lowest BCUT2D eigenvalue weighted by atomic mass is 10.2. The molecule has 0 atom stereocenters. The van der Waals surface area contributed by atoms with Crippen LogP contribution in [0.25, 0.3) is 0 Å². The maximum atomic E-state index is 11.7. The van der Waals surface area contributed by atoms with E-state index in [1.54, 1.807) is 6.07 Å². The number of carbonyl (C=O) groups is 1. The average molecular weight is 353 g/mol. The molecule has 23 heavy (non-hydrogen) atoms. The monoisotopic (exact) mass is 352 g/mol. The van der Waals surface area contributed by atoms with Gasteiger partial charge in [-0.05, 0) is 30.7 Å². The van der Waals surface area contributed by atoms with Gasteiger partial charge in [-0.1, -0.05) is 41.4 Å². The van der Waals surface area contributed by atoms with Crippen molar-refractivity contribution < 1.29 is 14.6 Å². The Hall–Kier alpha value is -2.24. The number of para-hydroxylation sites is 1. The maximum absolute atomic E-state index is 11.7. The number of amides is 1. The van der Waals surface area contributed by atoms with Gasteiger partial charge in [0.2, 0.25) is 0 Å². The number of phenolic OH excluding ortho intramolecular Hbond substituents is 1. The van der Waals surface area contributed by atoms with Gasteiger partial charge < -0.3 is 9.84 Å². The fourth-order valence-electron chi connectivity index (χ4n) is 1.75. The largest absolute Gasteiger partial charge is 0.506 e. The molecule has 0 aliphatic heterocycles. The van der Waals surface area contributed by atoms with Gasteiger partial charge in [0, 0.05) is 10.6 Å². The van der Waals surface area contributed by atoms with Crippen LogP contribution in [0.15, 0.2) is 41.5 Å². The number of nitrogens with zero attached hydrogens (tertiary/aromatic N) is 1. The summed E-state index contributed by atoms with van der Waals surface area (Å²) >= 11 is 11.6. The quantitative estimate of drug-likeness (QED) is 0.638. The molecule has 120 valence electrons. The number of hydrogen-bond donors (Lipinski definition) is 2. The molecule has 0 unspecified atom stereocenters. The molecule has 1 amide bonds. The van der Waals surface area contributed by atoms with Gasteiger partial charge in [-0.25, -0.2) is 5.43 Å². The summed E-state index contributed by atoms with van der Waals surface area (Å²) in [6, 6.07) is 10.3. The zero-order valence-electron chi connectivity index (χ0n) is 12.2. The maximum Gasteiger partial charge on any atom is 0.277 e. The predicted molar refractivity (Wildman–Crippen MR) is 90.5 cm³/mol. The van der Waals surface area contributed by atoms with E-state index in [-0.39, 0.29) is 17.4 Å². The van der Waals surface area contributed by atoms with Crippen LogP contribution in [0.2, 0.25) is 10.0 Å². The zero-order chi connectivity index (χ0) is 16.8. The molecule has 0 radical (unpaired) electrons. The van der Waals surface area contributed by atoms with Crippen LogP contribution in [0.3, 0.4) is 0 Å². The van der Waals surface area contributed by atoms with Crippen LogP contribution in [0.4, 0.5) is 0 Å². The van der Waals surface area contributed by atoms with Crippen molar-refractivity contribution >= 4 is 35.3 Å². The van der Waals surface area contributed by atoms with Crippen molar-refractivity contribution in [2.45, 2.75) is 6.92 Å². The minimum Gasteiger partial charge on any atom is -0.506 e. The van der Waals surface area contributed by atoms with Gasteiger partial charge in [-0.3, -0.25) is 4.79 Å². The summed E-state index contributed by atoms with van der Waals surface area (Å²) in [6.07, 6.45) is 1.25. The summed E-state index contributed by atoms with van der Waals surface area (Å²) in [6.45, 7) is 1.71. The Morgan fingerprint density at radius 3 is 2.83 bits per heavy atom. The number of aryl methyl sites for hydroxylation is 1. The van der Waals surface area contributed by atoms with Crippen LogP contribution in [0.5, 0.6) is 11.5 Å². The van der Waals surface area contributed by atoms with Gasteiger partial charge in [0.15, 0.2) is 6.61 Å². The highest BCUT2D eigenvalue weighted by molar-refractivity contribution is 6.36.